The van der Waals surface area contributed by atoms with E-state index in [0.717, 1.165) is 6.54 Å². The fourth-order valence-electron chi connectivity index (χ4n) is 3.24. The first kappa shape index (κ1) is 22.6. The van der Waals surface area contributed by atoms with Gasteiger partial charge in [0.2, 0.25) is 10.0 Å². The second-order valence-corrected chi connectivity index (χ2v) is 9.44. The number of hydrogen-bond acceptors (Lipinski definition) is 4. The predicted molar refractivity (Wildman–Crippen MR) is 114 cm³/mol. The maximum Gasteiger partial charge on any atom is 0.216 e. The molecular weight excluding hydrogens is 376 g/mol. The van der Waals surface area contributed by atoms with Crippen LogP contribution in [0.15, 0.2) is 35.3 Å². The van der Waals surface area contributed by atoms with Crippen molar-refractivity contribution in [1.82, 2.24) is 14.9 Å². The quantitative estimate of drug-likeness (QED) is 0.504. The monoisotopic (exact) mass is 410 g/mol. The Morgan fingerprint density at radius 1 is 1.21 bits per heavy atom. The zero-order chi connectivity index (χ0) is 20.6. The molecule has 3 unspecified atom stereocenters. The molecule has 2 rings (SSSR count). The van der Waals surface area contributed by atoms with Crippen molar-refractivity contribution in [1.29, 1.82) is 0 Å². The minimum absolute atomic E-state index is 0.0328. The van der Waals surface area contributed by atoms with Gasteiger partial charge in [-0.1, -0.05) is 37.3 Å². The molecule has 0 saturated carbocycles. The highest BCUT2D eigenvalue weighted by atomic mass is 32.2. The summed E-state index contributed by atoms with van der Waals surface area (Å²) in [6.45, 7) is 10.4. The Kier molecular flexibility index (Phi) is 8.72. The number of hydrogen-bond donors (Lipinski definition) is 2. The average Bonchev–Trinajstić information content (AvgIpc) is 2.65. The zero-order valence-electron chi connectivity index (χ0n) is 17.4. The fourth-order valence-corrected chi connectivity index (χ4v) is 4.73. The summed E-state index contributed by atoms with van der Waals surface area (Å²) in [6.07, 6.45) is -0.158. The van der Waals surface area contributed by atoms with E-state index in [0.29, 0.717) is 32.1 Å². The third-order valence-corrected chi connectivity index (χ3v) is 6.47. The van der Waals surface area contributed by atoms with Crippen molar-refractivity contribution in [3.63, 3.8) is 0 Å². The van der Waals surface area contributed by atoms with Crippen molar-refractivity contribution < 1.29 is 13.2 Å². The topological polar surface area (TPSA) is 83.0 Å². The Bertz CT molecular complexity index is 714. The largest absolute Gasteiger partial charge is 0.373 e. The van der Waals surface area contributed by atoms with Crippen LogP contribution in [-0.4, -0.2) is 69.4 Å². The summed E-state index contributed by atoms with van der Waals surface area (Å²) in [5, 5.41) is 6.33. The van der Waals surface area contributed by atoms with Crippen LogP contribution < -0.4 is 10.6 Å². The summed E-state index contributed by atoms with van der Waals surface area (Å²) in [7, 11) is -3.33. The normalized spacial score (nSPS) is 22.6. The first-order valence-electron chi connectivity index (χ1n) is 10.0. The molecule has 0 bridgehead atoms. The smallest absolute Gasteiger partial charge is 0.216 e. The molecule has 28 heavy (non-hydrogen) atoms. The molecule has 1 saturated heterocycles. The number of aliphatic imine (C=N–C) groups is 1. The van der Waals surface area contributed by atoms with Gasteiger partial charge in [-0.2, -0.15) is 4.31 Å². The van der Waals surface area contributed by atoms with E-state index < -0.39 is 10.0 Å². The SMILES string of the molecule is CCNC(=NCC(C)c1ccccc1)NCCS(=O)(=O)N1CC(C)OC(C)C1. The number of sulfonamides is 1. The van der Waals surface area contributed by atoms with Crippen LogP contribution >= 0.6 is 0 Å². The van der Waals surface area contributed by atoms with E-state index in [4.69, 9.17) is 4.74 Å². The van der Waals surface area contributed by atoms with Crippen LogP contribution in [0.4, 0.5) is 0 Å². The molecule has 1 aliphatic heterocycles. The minimum Gasteiger partial charge on any atom is -0.373 e. The van der Waals surface area contributed by atoms with Gasteiger partial charge in [-0.05, 0) is 26.3 Å². The molecule has 0 aliphatic carbocycles. The third kappa shape index (κ3) is 7.07. The lowest BCUT2D eigenvalue weighted by Crippen LogP contribution is -2.50. The van der Waals surface area contributed by atoms with Crippen molar-refractivity contribution in [2.45, 2.75) is 45.8 Å². The van der Waals surface area contributed by atoms with Crippen LogP contribution in [0.2, 0.25) is 0 Å². The molecule has 2 N–H and O–H groups in total. The lowest BCUT2D eigenvalue weighted by Gasteiger charge is -2.34. The van der Waals surface area contributed by atoms with E-state index in [9.17, 15) is 8.42 Å². The second-order valence-electron chi connectivity index (χ2n) is 7.35. The molecular formula is C20H34N4O3S. The van der Waals surface area contributed by atoms with Crippen LogP contribution in [0.1, 0.15) is 39.2 Å². The number of guanidine groups is 1. The van der Waals surface area contributed by atoms with E-state index in [1.165, 1.54) is 9.87 Å². The van der Waals surface area contributed by atoms with Crippen LogP contribution in [0, 0.1) is 0 Å². The van der Waals surface area contributed by atoms with Crippen molar-refractivity contribution in [2.24, 2.45) is 4.99 Å². The highest BCUT2D eigenvalue weighted by molar-refractivity contribution is 7.89. The Labute approximate surface area is 169 Å². The summed E-state index contributed by atoms with van der Waals surface area (Å²) in [4.78, 5) is 4.61. The summed E-state index contributed by atoms with van der Waals surface area (Å²) in [5.41, 5.74) is 1.24. The van der Waals surface area contributed by atoms with Gasteiger partial charge in [-0.3, -0.25) is 4.99 Å². The van der Waals surface area contributed by atoms with Gasteiger partial charge in [0.1, 0.15) is 0 Å². The van der Waals surface area contributed by atoms with E-state index in [1.807, 2.05) is 39.0 Å². The minimum atomic E-state index is -3.33. The number of rotatable bonds is 8. The Morgan fingerprint density at radius 3 is 2.46 bits per heavy atom. The Morgan fingerprint density at radius 2 is 1.86 bits per heavy atom. The van der Waals surface area contributed by atoms with Gasteiger partial charge in [0.25, 0.3) is 0 Å². The van der Waals surface area contributed by atoms with Crippen molar-refractivity contribution in [2.75, 3.05) is 38.5 Å². The van der Waals surface area contributed by atoms with Crippen LogP contribution in [0.3, 0.4) is 0 Å². The van der Waals surface area contributed by atoms with Gasteiger partial charge in [0.15, 0.2) is 5.96 Å². The summed E-state index contributed by atoms with van der Waals surface area (Å²) >= 11 is 0. The fraction of sp³-hybridized carbons (Fsp3) is 0.650. The van der Waals surface area contributed by atoms with Gasteiger partial charge in [-0.15, -0.1) is 0 Å². The summed E-state index contributed by atoms with van der Waals surface area (Å²) in [6, 6.07) is 10.2. The number of benzene rings is 1. The molecule has 0 spiro atoms. The van der Waals surface area contributed by atoms with Crippen LogP contribution in [-0.2, 0) is 14.8 Å². The molecule has 158 valence electrons. The standard InChI is InChI=1S/C20H34N4O3S/c1-5-21-20(23-13-16(2)19-9-7-6-8-10-19)22-11-12-28(25,26)24-14-17(3)27-18(4)15-24/h6-10,16-18H,5,11-15H2,1-4H3,(H2,21,22,23). The van der Waals surface area contributed by atoms with E-state index in [-0.39, 0.29) is 23.9 Å². The van der Waals surface area contributed by atoms with Crippen molar-refractivity contribution in [3.8, 4) is 0 Å². The first-order valence-corrected chi connectivity index (χ1v) is 11.6. The van der Waals surface area contributed by atoms with Crippen molar-refractivity contribution in [3.05, 3.63) is 35.9 Å². The molecule has 7 nitrogen and oxygen atoms in total. The highest BCUT2D eigenvalue weighted by Crippen LogP contribution is 2.15. The molecule has 0 aromatic heterocycles. The Hall–Kier alpha value is -1.64. The molecule has 0 radical (unpaired) electrons. The van der Waals surface area contributed by atoms with Gasteiger partial charge < -0.3 is 15.4 Å². The molecule has 1 fully saturated rings. The lowest BCUT2D eigenvalue weighted by molar-refractivity contribution is -0.0440. The van der Waals surface area contributed by atoms with Crippen LogP contribution in [0.25, 0.3) is 0 Å². The predicted octanol–water partition coefficient (Wildman–Crippen LogP) is 1.78. The third-order valence-electron chi connectivity index (χ3n) is 4.67. The number of morpholine rings is 1. The summed E-state index contributed by atoms with van der Waals surface area (Å²) < 4.78 is 32.4. The van der Waals surface area contributed by atoms with Crippen molar-refractivity contribution >= 4 is 16.0 Å². The maximum atomic E-state index is 12.6. The highest BCUT2D eigenvalue weighted by Gasteiger charge is 2.30. The van der Waals surface area contributed by atoms with E-state index >= 15 is 0 Å². The summed E-state index contributed by atoms with van der Waals surface area (Å²) in [5.74, 6) is 0.964. The van der Waals surface area contributed by atoms with E-state index in [2.05, 4.69) is 34.7 Å². The Balaban J connectivity index is 1.88. The number of ether oxygens (including phenoxy) is 1. The van der Waals surface area contributed by atoms with Crippen LogP contribution in [0.5, 0.6) is 0 Å². The molecule has 8 heteroatoms. The molecule has 1 aromatic carbocycles. The molecule has 0 amide bonds. The molecule has 1 aromatic rings. The molecule has 1 aliphatic rings. The molecule has 3 atom stereocenters. The van der Waals surface area contributed by atoms with Gasteiger partial charge in [0, 0.05) is 38.6 Å². The number of nitrogens with one attached hydrogen (secondary N) is 2. The maximum absolute atomic E-state index is 12.6. The zero-order valence-corrected chi connectivity index (χ0v) is 18.2. The van der Waals surface area contributed by atoms with Gasteiger partial charge in [-0.25, -0.2) is 8.42 Å². The number of nitrogens with zero attached hydrogens (tertiary/aromatic N) is 2. The van der Waals surface area contributed by atoms with E-state index in [1.54, 1.807) is 0 Å². The first-order chi connectivity index (χ1) is 13.3. The molecule has 1 heterocycles. The van der Waals surface area contributed by atoms with Gasteiger partial charge >= 0.3 is 0 Å². The van der Waals surface area contributed by atoms with Gasteiger partial charge in [0.05, 0.1) is 18.0 Å². The second kappa shape index (κ2) is 10.8. The average molecular weight is 411 g/mol. The lowest BCUT2D eigenvalue weighted by atomic mass is 10.0.